The van der Waals surface area contributed by atoms with Gasteiger partial charge in [-0.1, -0.05) is 32.2 Å². The molecule has 0 spiro atoms. The fraction of sp³-hybridized carbons (Fsp3) is 0.235. The molecule has 3 aromatic carbocycles. The van der Waals surface area contributed by atoms with Crippen LogP contribution in [0.1, 0.15) is 52.7 Å². The van der Waals surface area contributed by atoms with Crippen molar-refractivity contribution in [1.29, 1.82) is 0 Å². The van der Waals surface area contributed by atoms with E-state index in [1.165, 1.54) is 7.11 Å². The number of carbonyl (C=O) groups is 4. The minimum atomic E-state index is -0.706. The first-order valence-electron chi connectivity index (χ1n) is 13.6. The summed E-state index contributed by atoms with van der Waals surface area (Å²) in [6.45, 7) is 11.1. The number of methoxy groups -OCH3 is 1. The molecule has 0 amide bonds. The number of fused-ring (bicyclic) bond motifs is 3. The molecule has 0 N–H and O–H groups in total. The zero-order valence-corrected chi connectivity index (χ0v) is 24.3. The molecule has 0 saturated heterocycles. The Hall–Kier alpha value is -5.18. The van der Waals surface area contributed by atoms with Crippen LogP contribution in [0.15, 0.2) is 79.4 Å². The lowest BCUT2D eigenvalue weighted by atomic mass is 9.93. The first kappa shape index (κ1) is 30.8. The van der Waals surface area contributed by atoms with E-state index in [1.54, 1.807) is 36.4 Å². The van der Waals surface area contributed by atoms with Crippen LogP contribution in [0.2, 0.25) is 0 Å². The fourth-order valence-corrected chi connectivity index (χ4v) is 4.83. The van der Waals surface area contributed by atoms with Crippen LogP contribution < -0.4 is 14.2 Å². The standard InChI is InChI=1S/C34H32O9/c1-6-25-28-18-22(34(38)43-23-10-13-30(20(3)16-23)40-14-15-41-31(35)7-2)8-11-26(28)27-12-9-24(19-29(25)27)42-33(37)21(4)17-32(36)39-5/h7-13,16,18-19,25H,2,4,6,14-15,17H2,1,3,5H3. The van der Waals surface area contributed by atoms with Crippen molar-refractivity contribution in [1.82, 2.24) is 0 Å². The number of carbonyl (C=O) groups excluding carboxylic acids is 4. The number of ether oxygens (including phenoxy) is 5. The van der Waals surface area contributed by atoms with Gasteiger partial charge < -0.3 is 23.7 Å². The number of benzene rings is 3. The average molecular weight is 585 g/mol. The van der Waals surface area contributed by atoms with Crippen LogP contribution in [-0.2, 0) is 23.9 Å². The van der Waals surface area contributed by atoms with Crippen LogP contribution in [0.25, 0.3) is 11.1 Å². The topological polar surface area (TPSA) is 114 Å². The third-order valence-electron chi connectivity index (χ3n) is 6.95. The maximum absolute atomic E-state index is 13.1. The van der Waals surface area contributed by atoms with E-state index in [0.29, 0.717) is 22.8 Å². The van der Waals surface area contributed by atoms with Crippen molar-refractivity contribution in [3.8, 4) is 28.4 Å². The number of rotatable bonds is 12. The molecule has 9 nitrogen and oxygen atoms in total. The summed E-state index contributed by atoms with van der Waals surface area (Å²) in [5.41, 5.74) is 5.07. The SMILES string of the molecule is C=CC(=O)OCCOc1ccc(OC(=O)c2ccc3c(c2)C(CC)c2cc(OC(=O)C(=C)CC(=O)OC)ccc2-3)cc1C. The van der Waals surface area contributed by atoms with Crippen LogP contribution >= 0.6 is 0 Å². The molecule has 1 aliphatic carbocycles. The number of aryl methyl sites for hydroxylation is 1. The van der Waals surface area contributed by atoms with Crippen LogP contribution in [0, 0.1) is 6.92 Å². The van der Waals surface area contributed by atoms with Gasteiger partial charge in [0.05, 0.1) is 19.1 Å². The number of hydrogen-bond acceptors (Lipinski definition) is 9. The summed E-state index contributed by atoms with van der Waals surface area (Å²) in [6, 6.07) is 15.9. The Morgan fingerprint density at radius 2 is 1.56 bits per heavy atom. The summed E-state index contributed by atoms with van der Waals surface area (Å²) in [4.78, 5) is 48.1. The molecular weight excluding hydrogens is 552 g/mol. The molecule has 0 saturated carbocycles. The molecule has 1 aliphatic rings. The summed E-state index contributed by atoms with van der Waals surface area (Å²) in [5.74, 6) is -1.06. The van der Waals surface area contributed by atoms with Gasteiger partial charge in [-0.2, -0.15) is 0 Å². The van der Waals surface area contributed by atoms with Crippen molar-refractivity contribution in [2.75, 3.05) is 20.3 Å². The first-order chi connectivity index (χ1) is 20.6. The lowest BCUT2D eigenvalue weighted by Crippen LogP contribution is -2.14. The Morgan fingerprint density at radius 1 is 0.884 bits per heavy atom. The molecule has 0 radical (unpaired) electrons. The minimum Gasteiger partial charge on any atom is -0.490 e. The molecule has 222 valence electrons. The van der Waals surface area contributed by atoms with Crippen LogP contribution in [0.3, 0.4) is 0 Å². The lowest BCUT2D eigenvalue weighted by molar-refractivity contribution is -0.141. The normalized spacial score (nSPS) is 12.8. The molecule has 3 aromatic rings. The van der Waals surface area contributed by atoms with Gasteiger partial charge in [-0.25, -0.2) is 14.4 Å². The monoisotopic (exact) mass is 584 g/mol. The maximum Gasteiger partial charge on any atom is 0.343 e. The van der Waals surface area contributed by atoms with Gasteiger partial charge in [0.1, 0.15) is 30.5 Å². The summed E-state index contributed by atoms with van der Waals surface area (Å²) >= 11 is 0. The van der Waals surface area contributed by atoms with Gasteiger partial charge in [-0.15, -0.1) is 0 Å². The second-order valence-electron chi connectivity index (χ2n) is 9.79. The molecule has 43 heavy (non-hydrogen) atoms. The van der Waals surface area contributed by atoms with Crippen molar-refractivity contribution >= 4 is 23.9 Å². The van der Waals surface area contributed by atoms with Gasteiger partial charge in [0, 0.05) is 17.6 Å². The van der Waals surface area contributed by atoms with Crippen molar-refractivity contribution in [3.63, 3.8) is 0 Å². The molecule has 0 fully saturated rings. The van der Waals surface area contributed by atoms with Gasteiger partial charge in [0.25, 0.3) is 0 Å². The second-order valence-corrected chi connectivity index (χ2v) is 9.79. The zero-order chi connectivity index (χ0) is 31.1. The first-order valence-corrected chi connectivity index (χ1v) is 13.6. The van der Waals surface area contributed by atoms with E-state index in [0.717, 1.165) is 40.3 Å². The van der Waals surface area contributed by atoms with Gasteiger partial charge >= 0.3 is 23.9 Å². The molecule has 9 heteroatoms. The molecule has 0 bridgehead atoms. The fourth-order valence-electron chi connectivity index (χ4n) is 4.83. The Morgan fingerprint density at radius 3 is 2.23 bits per heavy atom. The molecule has 4 rings (SSSR count). The second kappa shape index (κ2) is 13.7. The van der Waals surface area contributed by atoms with Gasteiger partial charge in [0.2, 0.25) is 0 Å². The van der Waals surface area contributed by atoms with E-state index in [9.17, 15) is 19.2 Å². The Balaban J connectivity index is 1.44. The van der Waals surface area contributed by atoms with Gasteiger partial charge in [-0.05, 0) is 83.6 Å². The lowest BCUT2D eigenvalue weighted by Gasteiger charge is -2.13. The largest absolute Gasteiger partial charge is 0.490 e. The van der Waals surface area contributed by atoms with Crippen molar-refractivity contribution in [2.24, 2.45) is 0 Å². The van der Waals surface area contributed by atoms with E-state index in [2.05, 4.69) is 17.9 Å². The zero-order valence-electron chi connectivity index (χ0n) is 24.3. The van der Waals surface area contributed by atoms with E-state index in [1.807, 2.05) is 32.0 Å². The molecule has 0 aliphatic heterocycles. The van der Waals surface area contributed by atoms with E-state index in [-0.39, 0.29) is 31.1 Å². The minimum absolute atomic E-state index is 0.00488. The highest BCUT2D eigenvalue weighted by Crippen LogP contribution is 2.48. The summed E-state index contributed by atoms with van der Waals surface area (Å²) in [5, 5.41) is 0. The highest BCUT2D eigenvalue weighted by molar-refractivity contribution is 5.95. The summed E-state index contributed by atoms with van der Waals surface area (Å²) < 4.78 is 26.3. The molecule has 0 heterocycles. The van der Waals surface area contributed by atoms with Crippen molar-refractivity contribution < 1.29 is 42.9 Å². The van der Waals surface area contributed by atoms with Crippen LogP contribution in [0.4, 0.5) is 0 Å². The summed E-state index contributed by atoms with van der Waals surface area (Å²) in [7, 11) is 1.24. The Kier molecular flexibility index (Phi) is 9.77. The molecular formula is C34H32O9. The smallest absolute Gasteiger partial charge is 0.343 e. The Bertz CT molecular complexity index is 1600. The predicted molar refractivity (Wildman–Crippen MR) is 158 cm³/mol. The quantitative estimate of drug-likeness (QED) is 0.112. The van der Waals surface area contributed by atoms with E-state index in [4.69, 9.17) is 18.9 Å². The molecule has 0 aromatic heterocycles. The Labute approximate surface area is 249 Å². The maximum atomic E-state index is 13.1. The predicted octanol–water partition coefficient (Wildman–Crippen LogP) is 5.87. The third kappa shape index (κ3) is 7.19. The van der Waals surface area contributed by atoms with Crippen LogP contribution in [0.5, 0.6) is 17.2 Å². The number of esters is 4. The molecule has 1 atom stereocenters. The van der Waals surface area contributed by atoms with E-state index < -0.39 is 23.9 Å². The van der Waals surface area contributed by atoms with Crippen LogP contribution in [-0.4, -0.2) is 44.2 Å². The highest BCUT2D eigenvalue weighted by Gasteiger charge is 2.29. The van der Waals surface area contributed by atoms with Gasteiger partial charge in [-0.3, -0.25) is 4.79 Å². The third-order valence-corrected chi connectivity index (χ3v) is 6.95. The van der Waals surface area contributed by atoms with Crippen molar-refractivity contribution in [3.05, 3.63) is 102 Å². The van der Waals surface area contributed by atoms with E-state index >= 15 is 0 Å². The highest BCUT2D eigenvalue weighted by atomic mass is 16.6. The molecule has 1 unspecified atom stereocenters. The average Bonchev–Trinajstić information content (AvgIpc) is 3.31. The van der Waals surface area contributed by atoms with Crippen molar-refractivity contribution in [2.45, 2.75) is 32.6 Å². The van der Waals surface area contributed by atoms with Gasteiger partial charge in [0.15, 0.2) is 0 Å². The summed E-state index contributed by atoms with van der Waals surface area (Å²) in [6.07, 6.45) is 1.58. The number of hydrogen-bond donors (Lipinski definition) is 0.